The summed E-state index contributed by atoms with van der Waals surface area (Å²) in [6, 6.07) is -0.133. The van der Waals surface area contributed by atoms with Gasteiger partial charge in [-0.1, -0.05) is 32.9 Å². The Morgan fingerprint density at radius 3 is 2.53 bits per heavy atom. The molecule has 98 valence electrons. The number of aromatic nitrogens is 2. The van der Waals surface area contributed by atoms with Crippen molar-refractivity contribution >= 4 is 11.8 Å². The predicted octanol–water partition coefficient (Wildman–Crippen LogP) is 3.00. The first kappa shape index (κ1) is 14.5. The van der Waals surface area contributed by atoms with Crippen molar-refractivity contribution in [2.75, 3.05) is 5.75 Å². The Kier molecular flexibility index (Phi) is 5.98. The SMILES string of the molecule is CC(C)CSCc1noc(C(N)CC(C)C)n1. The molecule has 0 radical (unpaired) electrons. The summed E-state index contributed by atoms with van der Waals surface area (Å²) >= 11 is 1.83. The van der Waals surface area contributed by atoms with Crippen molar-refractivity contribution < 1.29 is 4.52 Å². The van der Waals surface area contributed by atoms with Crippen LogP contribution in [-0.4, -0.2) is 15.9 Å². The van der Waals surface area contributed by atoms with Crippen molar-refractivity contribution in [2.45, 2.75) is 45.9 Å². The summed E-state index contributed by atoms with van der Waals surface area (Å²) in [5.74, 6) is 4.46. The molecule has 0 spiro atoms. The highest BCUT2D eigenvalue weighted by molar-refractivity contribution is 7.98. The molecule has 17 heavy (non-hydrogen) atoms. The van der Waals surface area contributed by atoms with E-state index in [-0.39, 0.29) is 6.04 Å². The molecule has 0 saturated carbocycles. The zero-order chi connectivity index (χ0) is 12.8. The molecule has 1 aromatic heterocycles. The van der Waals surface area contributed by atoms with Crippen molar-refractivity contribution in [3.05, 3.63) is 11.7 Å². The van der Waals surface area contributed by atoms with Crippen LogP contribution in [0.25, 0.3) is 0 Å². The molecule has 1 atom stereocenters. The van der Waals surface area contributed by atoms with Gasteiger partial charge in [-0.2, -0.15) is 16.7 Å². The molecule has 0 amide bonds. The molecular formula is C12H23N3OS. The molecule has 4 nitrogen and oxygen atoms in total. The normalized spacial score (nSPS) is 13.6. The van der Waals surface area contributed by atoms with Gasteiger partial charge >= 0.3 is 0 Å². The number of hydrogen-bond acceptors (Lipinski definition) is 5. The number of nitrogens with zero attached hydrogens (tertiary/aromatic N) is 2. The summed E-state index contributed by atoms with van der Waals surface area (Å²) in [6.45, 7) is 8.67. The first-order chi connectivity index (χ1) is 7.99. The molecular weight excluding hydrogens is 234 g/mol. The van der Waals surface area contributed by atoms with Crippen LogP contribution in [0.5, 0.6) is 0 Å². The van der Waals surface area contributed by atoms with Gasteiger partial charge in [0, 0.05) is 0 Å². The van der Waals surface area contributed by atoms with Crippen LogP contribution in [0.3, 0.4) is 0 Å². The molecule has 0 fully saturated rings. The maximum Gasteiger partial charge on any atom is 0.243 e. The van der Waals surface area contributed by atoms with Gasteiger partial charge in [0.1, 0.15) is 0 Å². The van der Waals surface area contributed by atoms with E-state index in [1.807, 2.05) is 11.8 Å². The average Bonchev–Trinajstić information content (AvgIpc) is 2.64. The highest BCUT2D eigenvalue weighted by Gasteiger charge is 2.15. The molecule has 1 unspecified atom stereocenters. The van der Waals surface area contributed by atoms with Gasteiger partial charge in [-0.3, -0.25) is 0 Å². The largest absolute Gasteiger partial charge is 0.338 e. The van der Waals surface area contributed by atoms with Crippen molar-refractivity contribution in [1.82, 2.24) is 10.1 Å². The van der Waals surface area contributed by atoms with Crippen LogP contribution in [0.15, 0.2) is 4.52 Å². The first-order valence-corrected chi connectivity index (χ1v) is 7.30. The Labute approximate surface area is 108 Å². The lowest BCUT2D eigenvalue weighted by Crippen LogP contribution is -2.13. The lowest BCUT2D eigenvalue weighted by molar-refractivity contribution is 0.333. The highest BCUT2D eigenvalue weighted by Crippen LogP contribution is 2.19. The summed E-state index contributed by atoms with van der Waals surface area (Å²) in [6.07, 6.45) is 0.876. The Morgan fingerprint density at radius 2 is 1.94 bits per heavy atom. The fourth-order valence-corrected chi connectivity index (χ4v) is 2.36. The second kappa shape index (κ2) is 7.01. The van der Waals surface area contributed by atoms with Crippen LogP contribution in [0, 0.1) is 11.8 Å². The third-order valence-corrected chi connectivity index (χ3v) is 3.57. The van der Waals surface area contributed by atoms with Gasteiger partial charge in [0.2, 0.25) is 5.89 Å². The lowest BCUT2D eigenvalue weighted by Gasteiger charge is -2.08. The molecule has 1 aromatic rings. The van der Waals surface area contributed by atoms with E-state index >= 15 is 0 Å². The van der Waals surface area contributed by atoms with E-state index in [4.69, 9.17) is 10.3 Å². The number of hydrogen-bond donors (Lipinski definition) is 1. The van der Waals surface area contributed by atoms with E-state index in [1.165, 1.54) is 0 Å². The van der Waals surface area contributed by atoms with Crippen LogP contribution in [-0.2, 0) is 5.75 Å². The molecule has 0 bridgehead atoms. The molecule has 0 saturated heterocycles. The van der Waals surface area contributed by atoms with E-state index in [2.05, 4.69) is 37.8 Å². The second-order valence-corrected chi connectivity index (χ2v) is 6.22. The fourth-order valence-electron chi connectivity index (χ4n) is 1.47. The smallest absolute Gasteiger partial charge is 0.243 e. The highest BCUT2D eigenvalue weighted by atomic mass is 32.2. The third-order valence-electron chi connectivity index (χ3n) is 2.21. The van der Waals surface area contributed by atoms with Crippen LogP contribution >= 0.6 is 11.8 Å². The maximum atomic E-state index is 5.98. The minimum absolute atomic E-state index is 0.133. The predicted molar refractivity (Wildman–Crippen MR) is 71.7 cm³/mol. The quantitative estimate of drug-likeness (QED) is 0.813. The summed E-state index contributed by atoms with van der Waals surface area (Å²) in [4.78, 5) is 4.34. The van der Waals surface area contributed by atoms with E-state index < -0.39 is 0 Å². The van der Waals surface area contributed by atoms with Gasteiger partial charge in [0.15, 0.2) is 5.82 Å². The summed E-state index contributed by atoms with van der Waals surface area (Å²) in [7, 11) is 0. The molecule has 0 aliphatic rings. The van der Waals surface area contributed by atoms with E-state index in [1.54, 1.807) is 0 Å². The molecule has 2 N–H and O–H groups in total. The summed E-state index contributed by atoms with van der Waals surface area (Å²) in [5, 5.41) is 3.95. The molecule has 1 rings (SSSR count). The fraction of sp³-hybridized carbons (Fsp3) is 0.833. The van der Waals surface area contributed by atoms with Crippen LogP contribution in [0.1, 0.15) is 51.9 Å². The number of nitrogens with two attached hydrogens (primary N) is 1. The zero-order valence-corrected chi connectivity index (χ0v) is 12.0. The first-order valence-electron chi connectivity index (χ1n) is 6.14. The van der Waals surface area contributed by atoms with Crippen LogP contribution in [0.4, 0.5) is 0 Å². The minimum Gasteiger partial charge on any atom is -0.338 e. The van der Waals surface area contributed by atoms with E-state index in [0.717, 1.165) is 23.8 Å². The Hall–Kier alpha value is -0.550. The lowest BCUT2D eigenvalue weighted by atomic mass is 10.0. The van der Waals surface area contributed by atoms with Gasteiger partial charge in [-0.25, -0.2) is 0 Å². The zero-order valence-electron chi connectivity index (χ0n) is 11.1. The Bertz CT molecular complexity index is 325. The maximum absolute atomic E-state index is 5.98. The van der Waals surface area contributed by atoms with Gasteiger partial charge in [-0.05, 0) is 24.0 Å². The molecule has 0 aliphatic carbocycles. The van der Waals surface area contributed by atoms with Crippen molar-refractivity contribution in [2.24, 2.45) is 17.6 Å². The van der Waals surface area contributed by atoms with Crippen molar-refractivity contribution in [3.63, 3.8) is 0 Å². The summed E-state index contributed by atoms with van der Waals surface area (Å²) in [5.41, 5.74) is 5.98. The Balaban J connectivity index is 2.42. The minimum atomic E-state index is -0.133. The van der Waals surface area contributed by atoms with E-state index in [0.29, 0.717) is 17.7 Å². The van der Waals surface area contributed by atoms with E-state index in [9.17, 15) is 0 Å². The van der Waals surface area contributed by atoms with Crippen molar-refractivity contribution in [1.29, 1.82) is 0 Å². The molecule has 0 aliphatic heterocycles. The topological polar surface area (TPSA) is 64.9 Å². The van der Waals surface area contributed by atoms with Crippen molar-refractivity contribution in [3.8, 4) is 0 Å². The van der Waals surface area contributed by atoms with Gasteiger partial charge in [-0.15, -0.1) is 0 Å². The molecule has 1 heterocycles. The van der Waals surface area contributed by atoms with Gasteiger partial charge in [0.05, 0.1) is 11.8 Å². The van der Waals surface area contributed by atoms with Crippen LogP contribution in [0.2, 0.25) is 0 Å². The summed E-state index contributed by atoms with van der Waals surface area (Å²) < 4.78 is 5.19. The Morgan fingerprint density at radius 1 is 1.24 bits per heavy atom. The van der Waals surface area contributed by atoms with Crippen LogP contribution < -0.4 is 5.73 Å². The molecule has 0 aromatic carbocycles. The van der Waals surface area contributed by atoms with Gasteiger partial charge < -0.3 is 10.3 Å². The number of rotatable bonds is 7. The monoisotopic (exact) mass is 257 g/mol. The average molecular weight is 257 g/mol. The number of thioether (sulfide) groups is 1. The molecule has 5 heteroatoms. The second-order valence-electron chi connectivity index (χ2n) is 5.19. The van der Waals surface area contributed by atoms with Gasteiger partial charge in [0.25, 0.3) is 0 Å². The third kappa shape index (κ3) is 5.55. The standard InChI is InChI=1S/C12H23N3OS/c1-8(2)5-10(13)12-14-11(15-16-12)7-17-6-9(3)4/h8-10H,5-7,13H2,1-4H3.